The lowest BCUT2D eigenvalue weighted by Crippen LogP contribution is -2.49. The second-order valence-electron chi connectivity index (χ2n) is 5.99. The number of thiophene rings is 1. The minimum atomic E-state index is -0.436. The van der Waals surface area contributed by atoms with Gasteiger partial charge in [-0.2, -0.15) is 0 Å². The van der Waals surface area contributed by atoms with Crippen LogP contribution in [0.15, 0.2) is 41.8 Å². The first-order chi connectivity index (χ1) is 11.1. The van der Waals surface area contributed by atoms with Crippen molar-refractivity contribution in [1.29, 1.82) is 0 Å². The number of β-amino-alcohol motifs (C(OH)–C–C–N with tert-alkyl or cyclic N) is 1. The van der Waals surface area contributed by atoms with Gasteiger partial charge in [-0.25, -0.2) is 0 Å². The number of amides is 1. The van der Waals surface area contributed by atoms with Gasteiger partial charge in [0.2, 0.25) is 0 Å². The first-order valence-corrected chi connectivity index (χ1v) is 8.81. The highest BCUT2D eigenvalue weighted by Crippen LogP contribution is 2.20. The van der Waals surface area contributed by atoms with E-state index in [4.69, 9.17) is 0 Å². The average Bonchev–Trinajstić information content (AvgIpc) is 3.10. The summed E-state index contributed by atoms with van der Waals surface area (Å²) in [5.41, 5.74) is 1.91. The van der Waals surface area contributed by atoms with Crippen LogP contribution in [0.2, 0.25) is 0 Å². The van der Waals surface area contributed by atoms with Crippen LogP contribution in [-0.2, 0) is 0 Å². The smallest absolute Gasteiger partial charge is 0.253 e. The number of carbonyl (C=O) groups excluding carboxylic acids is 1. The molecule has 0 saturated carbocycles. The lowest BCUT2D eigenvalue weighted by atomic mass is 10.1. The minimum Gasteiger partial charge on any atom is -0.386 e. The van der Waals surface area contributed by atoms with Crippen LogP contribution in [0.5, 0.6) is 0 Å². The SMILES string of the molecule is Cc1ccc(C(=O)N2CCN(C[C@@H](O)c3cccs3)CC2)cc1. The van der Waals surface area contributed by atoms with Crippen molar-refractivity contribution in [2.75, 3.05) is 32.7 Å². The Morgan fingerprint density at radius 2 is 1.87 bits per heavy atom. The number of hydrogen-bond acceptors (Lipinski definition) is 4. The van der Waals surface area contributed by atoms with Gasteiger partial charge in [0.1, 0.15) is 6.10 Å². The largest absolute Gasteiger partial charge is 0.386 e. The molecule has 4 nitrogen and oxygen atoms in total. The number of rotatable bonds is 4. The molecule has 0 radical (unpaired) electrons. The van der Waals surface area contributed by atoms with Crippen molar-refractivity contribution in [2.24, 2.45) is 0 Å². The third-order valence-electron chi connectivity index (χ3n) is 4.26. The molecule has 1 aliphatic heterocycles. The molecule has 122 valence electrons. The van der Waals surface area contributed by atoms with Crippen LogP contribution in [0.3, 0.4) is 0 Å². The van der Waals surface area contributed by atoms with Crippen molar-refractivity contribution >= 4 is 17.2 Å². The van der Waals surface area contributed by atoms with Crippen LogP contribution < -0.4 is 0 Å². The van der Waals surface area contributed by atoms with E-state index in [0.29, 0.717) is 19.6 Å². The van der Waals surface area contributed by atoms with Crippen molar-refractivity contribution in [3.63, 3.8) is 0 Å². The summed E-state index contributed by atoms with van der Waals surface area (Å²) < 4.78 is 0. The summed E-state index contributed by atoms with van der Waals surface area (Å²) in [5, 5.41) is 12.2. The topological polar surface area (TPSA) is 43.8 Å². The normalized spacial score (nSPS) is 17.2. The Hall–Kier alpha value is -1.69. The van der Waals surface area contributed by atoms with Gasteiger partial charge in [-0.05, 0) is 30.5 Å². The Morgan fingerprint density at radius 3 is 2.48 bits per heavy atom. The first-order valence-electron chi connectivity index (χ1n) is 7.93. The molecular weight excluding hydrogens is 308 g/mol. The zero-order valence-electron chi connectivity index (χ0n) is 13.3. The molecular formula is C18H22N2O2S. The number of aliphatic hydroxyl groups excluding tert-OH is 1. The predicted octanol–water partition coefficient (Wildman–Crippen LogP) is 2.55. The summed E-state index contributed by atoms with van der Waals surface area (Å²) in [5.74, 6) is 0.100. The fraction of sp³-hybridized carbons (Fsp3) is 0.389. The monoisotopic (exact) mass is 330 g/mol. The minimum absolute atomic E-state index is 0.100. The summed E-state index contributed by atoms with van der Waals surface area (Å²) in [6, 6.07) is 11.7. The van der Waals surface area contributed by atoms with Crippen molar-refractivity contribution in [1.82, 2.24) is 9.80 Å². The highest BCUT2D eigenvalue weighted by molar-refractivity contribution is 7.10. The van der Waals surface area contributed by atoms with Crippen LogP contribution in [0, 0.1) is 6.92 Å². The van der Waals surface area contributed by atoms with Crippen molar-refractivity contribution in [3.8, 4) is 0 Å². The quantitative estimate of drug-likeness (QED) is 0.937. The standard InChI is InChI=1S/C18H22N2O2S/c1-14-4-6-15(7-5-14)18(22)20-10-8-19(9-11-20)13-16(21)17-3-2-12-23-17/h2-7,12,16,21H,8-11,13H2,1H3/t16-/m1/s1. The number of nitrogens with zero attached hydrogens (tertiary/aromatic N) is 2. The number of piperazine rings is 1. The van der Waals surface area contributed by atoms with Gasteiger partial charge in [0.15, 0.2) is 0 Å². The molecule has 1 aliphatic rings. The van der Waals surface area contributed by atoms with Gasteiger partial charge >= 0.3 is 0 Å². The van der Waals surface area contributed by atoms with Gasteiger partial charge in [-0.15, -0.1) is 11.3 Å². The first kappa shape index (κ1) is 16.2. The Labute approximate surface area is 141 Å². The zero-order chi connectivity index (χ0) is 16.2. The Balaban J connectivity index is 1.52. The molecule has 5 heteroatoms. The molecule has 3 rings (SSSR count). The summed E-state index contributed by atoms with van der Waals surface area (Å²) in [6.07, 6.45) is -0.436. The molecule has 1 amide bonds. The number of aryl methyl sites for hydroxylation is 1. The van der Waals surface area contributed by atoms with E-state index >= 15 is 0 Å². The maximum Gasteiger partial charge on any atom is 0.253 e. The van der Waals surface area contributed by atoms with Crippen LogP contribution in [0.25, 0.3) is 0 Å². The summed E-state index contributed by atoms with van der Waals surface area (Å²) >= 11 is 1.58. The van der Waals surface area contributed by atoms with Gasteiger partial charge in [0.05, 0.1) is 0 Å². The fourth-order valence-electron chi connectivity index (χ4n) is 2.83. The van der Waals surface area contributed by atoms with E-state index in [0.717, 1.165) is 29.1 Å². The van der Waals surface area contributed by atoms with Crippen LogP contribution in [0.4, 0.5) is 0 Å². The van der Waals surface area contributed by atoms with E-state index in [2.05, 4.69) is 4.90 Å². The van der Waals surface area contributed by atoms with Crippen LogP contribution >= 0.6 is 11.3 Å². The van der Waals surface area contributed by atoms with Gasteiger partial charge in [-0.1, -0.05) is 23.8 Å². The highest BCUT2D eigenvalue weighted by Gasteiger charge is 2.23. The molecule has 0 unspecified atom stereocenters. The fourth-order valence-corrected chi connectivity index (χ4v) is 3.53. The van der Waals surface area contributed by atoms with E-state index in [1.54, 1.807) is 11.3 Å². The van der Waals surface area contributed by atoms with E-state index in [1.165, 1.54) is 0 Å². The summed E-state index contributed by atoms with van der Waals surface area (Å²) in [7, 11) is 0. The molecule has 1 N–H and O–H groups in total. The molecule has 0 bridgehead atoms. The molecule has 1 aromatic heterocycles. The van der Waals surface area contributed by atoms with Gasteiger partial charge in [0.25, 0.3) is 5.91 Å². The number of aliphatic hydroxyl groups is 1. The third-order valence-corrected chi connectivity index (χ3v) is 5.23. The van der Waals surface area contributed by atoms with E-state index in [9.17, 15) is 9.90 Å². The molecule has 2 heterocycles. The van der Waals surface area contributed by atoms with Crippen molar-refractivity contribution in [3.05, 3.63) is 57.8 Å². The molecule has 0 spiro atoms. The Bertz CT molecular complexity index is 632. The van der Waals surface area contributed by atoms with E-state index in [-0.39, 0.29) is 5.91 Å². The lowest BCUT2D eigenvalue weighted by Gasteiger charge is -2.35. The number of carbonyl (C=O) groups is 1. The van der Waals surface area contributed by atoms with Crippen molar-refractivity contribution < 1.29 is 9.90 Å². The van der Waals surface area contributed by atoms with E-state index < -0.39 is 6.10 Å². The van der Waals surface area contributed by atoms with Crippen LogP contribution in [0.1, 0.15) is 26.9 Å². The van der Waals surface area contributed by atoms with E-state index in [1.807, 2.05) is 53.6 Å². The van der Waals surface area contributed by atoms with Gasteiger partial charge < -0.3 is 10.0 Å². The predicted molar refractivity (Wildman–Crippen MR) is 92.8 cm³/mol. The van der Waals surface area contributed by atoms with Crippen LogP contribution in [-0.4, -0.2) is 53.5 Å². The average molecular weight is 330 g/mol. The Morgan fingerprint density at radius 1 is 1.17 bits per heavy atom. The van der Waals surface area contributed by atoms with Gasteiger partial charge in [-0.3, -0.25) is 9.69 Å². The number of benzene rings is 1. The Kier molecular flexibility index (Phi) is 5.10. The molecule has 1 fully saturated rings. The lowest BCUT2D eigenvalue weighted by molar-refractivity contribution is 0.0533. The zero-order valence-corrected chi connectivity index (χ0v) is 14.1. The summed E-state index contributed by atoms with van der Waals surface area (Å²) in [6.45, 7) is 5.69. The third kappa shape index (κ3) is 3.99. The second kappa shape index (κ2) is 7.25. The molecule has 1 aromatic carbocycles. The molecule has 1 saturated heterocycles. The molecule has 23 heavy (non-hydrogen) atoms. The molecule has 1 atom stereocenters. The van der Waals surface area contributed by atoms with Crippen molar-refractivity contribution in [2.45, 2.75) is 13.0 Å². The molecule has 2 aromatic rings. The highest BCUT2D eigenvalue weighted by atomic mass is 32.1. The second-order valence-corrected chi connectivity index (χ2v) is 6.97. The van der Waals surface area contributed by atoms with Gasteiger partial charge in [0, 0.05) is 43.2 Å². The maximum absolute atomic E-state index is 12.5. The summed E-state index contributed by atoms with van der Waals surface area (Å²) in [4.78, 5) is 17.6. The number of hydrogen-bond donors (Lipinski definition) is 1. The maximum atomic E-state index is 12.5. The molecule has 0 aliphatic carbocycles.